The minimum Gasteiger partial charge on any atom is -0.479 e. The van der Waals surface area contributed by atoms with Crippen molar-refractivity contribution in [3.63, 3.8) is 0 Å². The summed E-state index contributed by atoms with van der Waals surface area (Å²) in [6.45, 7) is -0.350. The molecule has 0 aliphatic carbocycles. The first-order valence-corrected chi connectivity index (χ1v) is 6.86. The molecule has 23 heavy (non-hydrogen) atoms. The zero-order valence-corrected chi connectivity index (χ0v) is 12.1. The van der Waals surface area contributed by atoms with E-state index in [1.165, 1.54) is 0 Å². The highest BCUT2D eigenvalue weighted by molar-refractivity contribution is 5.73. The van der Waals surface area contributed by atoms with Crippen LogP contribution in [-0.4, -0.2) is 106 Å². The third kappa shape index (κ3) is 3.63. The van der Waals surface area contributed by atoms with Gasteiger partial charge in [0.25, 0.3) is 0 Å². The summed E-state index contributed by atoms with van der Waals surface area (Å²) in [5.41, 5.74) is 0. The maximum Gasteiger partial charge on any atom is 0.335 e. The summed E-state index contributed by atoms with van der Waals surface area (Å²) in [4.78, 5) is 11.2. The molecule has 0 radical (unpaired) electrons. The number of ether oxygens (including phenoxy) is 4. The van der Waals surface area contributed by atoms with E-state index in [1.807, 2.05) is 0 Å². The fraction of sp³-hybridized carbons (Fsp3) is 0.917. The summed E-state index contributed by atoms with van der Waals surface area (Å²) in [6.07, 6.45) is -14.0. The molecular weight excluding hydrogens is 320 g/mol. The van der Waals surface area contributed by atoms with Crippen LogP contribution in [-0.2, 0) is 23.7 Å². The van der Waals surface area contributed by atoms with Crippen LogP contribution in [0, 0.1) is 0 Å². The molecule has 0 aromatic carbocycles. The van der Waals surface area contributed by atoms with E-state index < -0.39 is 61.3 Å². The summed E-state index contributed by atoms with van der Waals surface area (Å²) >= 11 is 0. The van der Waals surface area contributed by atoms with Gasteiger partial charge in [0.2, 0.25) is 0 Å². The van der Waals surface area contributed by atoms with Gasteiger partial charge in [0.1, 0.15) is 36.6 Å². The van der Waals surface area contributed by atoms with Crippen molar-refractivity contribution in [1.29, 1.82) is 0 Å². The summed E-state index contributed by atoms with van der Waals surface area (Å²) < 4.78 is 19.7. The van der Waals surface area contributed by atoms with Crippen molar-refractivity contribution in [2.24, 2.45) is 0 Å². The molecule has 11 nitrogen and oxygen atoms in total. The number of aliphatic hydroxyl groups excluding tert-OH is 5. The molecule has 134 valence electrons. The molecule has 2 rings (SSSR count). The van der Waals surface area contributed by atoms with Crippen molar-refractivity contribution in [3.05, 3.63) is 0 Å². The highest BCUT2D eigenvalue weighted by Gasteiger charge is 2.51. The second-order valence-electron chi connectivity index (χ2n) is 5.33. The Balaban J connectivity index is 2.13. The standard InChI is InChI=1S/C12H20O11/c1-20-8-4(14)5(15)12(23-9(8)10(17)18)22-7-3(13)2-21-11(19)6(7)16/h3-9,11-16,19H,2H2,1H3,(H,17,18)/t3-,4-,5-,6-,7+,8+,9+,11-,12+/m1/s1. The maximum atomic E-state index is 11.2. The minimum atomic E-state index is -1.70. The average Bonchev–Trinajstić information content (AvgIpc) is 2.51. The van der Waals surface area contributed by atoms with Gasteiger partial charge in [0.15, 0.2) is 18.7 Å². The van der Waals surface area contributed by atoms with E-state index >= 15 is 0 Å². The molecule has 6 N–H and O–H groups in total. The van der Waals surface area contributed by atoms with Gasteiger partial charge in [-0.05, 0) is 0 Å². The number of carboxylic acids is 1. The molecule has 2 heterocycles. The predicted molar refractivity (Wildman–Crippen MR) is 68.0 cm³/mol. The number of methoxy groups -OCH3 is 1. The van der Waals surface area contributed by atoms with Gasteiger partial charge in [-0.2, -0.15) is 0 Å². The van der Waals surface area contributed by atoms with E-state index in [2.05, 4.69) is 4.74 Å². The SMILES string of the molecule is CO[C@H]1[C@H](O)[C@@H](O)[C@@H](O[C@@H]2[C@@H](O)[C@H](O)OC[C@H]2O)O[C@@H]1C(=O)O. The number of aliphatic carboxylic acids is 1. The third-order valence-electron chi connectivity index (χ3n) is 3.80. The molecule has 2 saturated heterocycles. The second-order valence-corrected chi connectivity index (χ2v) is 5.33. The summed E-state index contributed by atoms with van der Waals surface area (Å²) in [6, 6.07) is 0. The molecule has 0 bridgehead atoms. The lowest BCUT2D eigenvalue weighted by Gasteiger charge is -2.43. The number of aliphatic hydroxyl groups is 5. The third-order valence-corrected chi connectivity index (χ3v) is 3.80. The fourth-order valence-electron chi connectivity index (χ4n) is 2.52. The quantitative estimate of drug-likeness (QED) is 0.294. The molecule has 0 aromatic heterocycles. The normalized spacial score (nSPS) is 48.2. The first-order chi connectivity index (χ1) is 10.8. The summed E-state index contributed by atoms with van der Waals surface area (Å²) in [5.74, 6) is -1.45. The Kier molecular flexibility index (Phi) is 5.89. The van der Waals surface area contributed by atoms with E-state index in [0.29, 0.717) is 0 Å². The molecular formula is C12H20O11. The number of carboxylic acid groups (broad SMARTS) is 1. The van der Waals surface area contributed by atoms with Gasteiger partial charge in [-0.1, -0.05) is 0 Å². The second kappa shape index (κ2) is 7.34. The van der Waals surface area contributed by atoms with Crippen LogP contribution in [0.25, 0.3) is 0 Å². The number of rotatable bonds is 4. The van der Waals surface area contributed by atoms with E-state index in [-0.39, 0.29) is 6.61 Å². The number of carbonyl (C=O) groups is 1. The Hall–Kier alpha value is -0.890. The molecule has 0 saturated carbocycles. The highest BCUT2D eigenvalue weighted by Crippen LogP contribution is 2.27. The molecule has 0 amide bonds. The topological polar surface area (TPSA) is 175 Å². The van der Waals surface area contributed by atoms with Gasteiger partial charge in [-0.25, -0.2) is 4.79 Å². The first-order valence-electron chi connectivity index (χ1n) is 6.86. The van der Waals surface area contributed by atoms with E-state index in [0.717, 1.165) is 7.11 Å². The zero-order chi connectivity index (χ0) is 17.3. The Morgan fingerprint density at radius 1 is 1.04 bits per heavy atom. The van der Waals surface area contributed by atoms with Crippen LogP contribution in [0.4, 0.5) is 0 Å². The minimum absolute atomic E-state index is 0.350. The molecule has 0 unspecified atom stereocenters. The zero-order valence-electron chi connectivity index (χ0n) is 12.1. The predicted octanol–water partition coefficient (Wildman–Crippen LogP) is -4.01. The Bertz CT molecular complexity index is 418. The highest BCUT2D eigenvalue weighted by atomic mass is 16.7. The van der Waals surface area contributed by atoms with Crippen LogP contribution in [0.1, 0.15) is 0 Å². The molecule has 0 aromatic rings. The fourth-order valence-corrected chi connectivity index (χ4v) is 2.52. The monoisotopic (exact) mass is 340 g/mol. The molecule has 2 fully saturated rings. The van der Waals surface area contributed by atoms with E-state index in [1.54, 1.807) is 0 Å². The van der Waals surface area contributed by atoms with Gasteiger partial charge >= 0.3 is 5.97 Å². The Labute approximate surface area is 130 Å². The Morgan fingerprint density at radius 3 is 2.26 bits per heavy atom. The van der Waals surface area contributed by atoms with Crippen molar-refractivity contribution < 1.29 is 54.4 Å². The van der Waals surface area contributed by atoms with Crippen LogP contribution in [0.5, 0.6) is 0 Å². The van der Waals surface area contributed by atoms with E-state index in [4.69, 9.17) is 19.3 Å². The number of hydrogen-bond acceptors (Lipinski definition) is 10. The van der Waals surface area contributed by atoms with Crippen molar-refractivity contribution in [3.8, 4) is 0 Å². The van der Waals surface area contributed by atoms with Gasteiger partial charge in [-0.3, -0.25) is 0 Å². The van der Waals surface area contributed by atoms with Crippen LogP contribution < -0.4 is 0 Å². The Morgan fingerprint density at radius 2 is 1.70 bits per heavy atom. The average molecular weight is 340 g/mol. The van der Waals surface area contributed by atoms with Gasteiger partial charge < -0.3 is 49.6 Å². The van der Waals surface area contributed by atoms with Gasteiger partial charge in [-0.15, -0.1) is 0 Å². The lowest BCUT2D eigenvalue weighted by atomic mass is 9.98. The molecule has 9 atom stereocenters. The van der Waals surface area contributed by atoms with Crippen molar-refractivity contribution >= 4 is 5.97 Å². The van der Waals surface area contributed by atoms with Crippen LogP contribution in [0.3, 0.4) is 0 Å². The van der Waals surface area contributed by atoms with Gasteiger partial charge in [0, 0.05) is 7.11 Å². The van der Waals surface area contributed by atoms with Crippen LogP contribution in [0.2, 0.25) is 0 Å². The molecule has 11 heteroatoms. The van der Waals surface area contributed by atoms with Crippen molar-refractivity contribution in [2.75, 3.05) is 13.7 Å². The smallest absolute Gasteiger partial charge is 0.335 e. The summed E-state index contributed by atoms with van der Waals surface area (Å²) in [7, 11) is 1.14. The maximum absolute atomic E-state index is 11.2. The lowest BCUT2D eigenvalue weighted by Crippen LogP contribution is -2.63. The molecule has 2 aliphatic heterocycles. The van der Waals surface area contributed by atoms with Crippen LogP contribution in [0.15, 0.2) is 0 Å². The van der Waals surface area contributed by atoms with E-state index in [9.17, 15) is 30.3 Å². The summed E-state index contributed by atoms with van der Waals surface area (Å²) in [5, 5.41) is 57.9. The van der Waals surface area contributed by atoms with Crippen molar-refractivity contribution in [2.45, 2.75) is 55.3 Å². The van der Waals surface area contributed by atoms with Gasteiger partial charge in [0.05, 0.1) is 6.61 Å². The molecule has 0 spiro atoms. The van der Waals surface area contributed by atoms with Crippen molar-refractivity contribution in [1.82, 2.24) is 0 Å². The first kappa shape index (κ1) is 18.4. The van der Waals surface area contributed by atoms with Crippen LogP contribution >= 0.6 is 0 Å². The largest absolute Gasteiger partial charge is 0.479 e. The lowest BCUT2D eigenvalue weighted by molar-refractivity contribution is -0.341. The number of hydrogen-bond donors (Lipinski definition) is 6. The molecule has 2 aliphatic rings.